The molecule has 15 heteroatoms. The van der Waals surface area contributed by atoms with Gasteiger partial charge in [0.2, 0.25) is 17.7 Å². The number of rotatable bonds is 12. The molecule has 3 amide bonds. The quantitative estimate of drug-likeness (QED) is 0.163. The van der Waals surface area contributed by atoms with Gasteiger partial charge in [0.25, 0.3) is 0 Å². The maximum absolute atomic E-state index is 13.0. The first-order chi connectivity index (χ1) is 26.8. The van der Waals surface area contributed by atoms with Crippen LogP contribution in [0.1, 0.15) is 87.3 Å². The molecule has 0 radical (unpaired) electrons. The molecule has 6 heterocycles. The van der Waals surface area contributed by atoms with Crippen LogP contribution in [0.3, 0.4) is 0 Å². The van der Waals surface area contributed by atoms with Gasteiger partial charge >= 0.3 is 5.69 Å². The van der Waals surface area contributed by atoms with E-state index in [1.54, 1.807) is 17.9 Å². The van der Waals surface area contributed by atoms with Crippen molar-refractivity contribution in [3.63, 3.8) is 0 Å². The molecule has 2 N–H and O–H groups in total. The molecule has 0 spiro atoms. The van der Waals surface area contributed by atoms with E-state index in [0.717, 1.165) is 113 Å². The second-order valence-electron chi connectivity index (χ2n) is 15.6. The number of nitrogens with zero attached hydrogens (tertiary/aromatic N) is 7. The smallest absolute Gasteiger partial charge is 0.329 e. The molecule has 1 unspecified atom stereocenters. The molecular weight excluding hydrogens is 702 g/mol. The van der Waals surface area contributed by atoms with E-state index in [9.17, 15) is 19.2 Å². The van der Waals surface area contributed by atoms with Crippen LogP contribution in [-0.2, 0) is 37.3 Å². The first-order valence-electron chi connectivity index (χ1n) is 20.1. The Morgan fingerprint density at radius 1 is 0.964 bits per heavy atom. The second-order valence-corrected chi connectivity index (χ2v) is 15.6. The standard InChI is InChI=1S/C40H53N9O6/c1-45-34-25-27(4-9-32(34)49(40(45)53)33-10-11-35(50)44-39(33)52)3-2-21-54-24-15-36(51)47-19-17-46(18-20-47)30-7-5-29(6-8-30)43-38-37-31(28-13-22-55-23-14-28)12-16-48(37)42-26-41-38/h4,9,12,16,25-26,28-30,33H,2-3,5-8,10-11,13-15,17-24H2,1H3,(H,41,42,43)(H,44,50,52). The molecule has 3 aliphatic heterocycles. The monoisotopic (exact) mass is 755 g/mol. The molecule has 3 aromatic heterocycles. The van der Waals surface area contributed by atoms with Crippen LogP contribution in [0.2, 0.25) is 0 Å². The SMILES string of the molecule is Cn1c(=O)n(C2CCC(=O)NC2=O)c2ccc(CCCOCCC(=O)N3CCN(C4CCC(Nc5ncnn6ccc(C7CCOCC7)c56)CC4)CC3)cc21. The highest BCUT2D eigenvalue weighted by molar-refractivity contribution is 6.00. The van der Waals surface area contributed by atoms with Crippen molar-refractivity contribution in [2.45, 2.75) is 94.7 Å². The number of benzene rings is 1. The highest BCUT2D eigenvalue weighted by Gasteiger charge is 2.32. The number of carbonyl (C=O) groups is 3. The van der Waals surface area contributed by atoms with Crippen molar-refractivity contribution in [3.8, 4) is 0 Å². The molecule has 3 saturated heterocycles. The number of aryl methyl sites for hydroxylation is 2. The van der Waals surface area contributed by atoms with Crippen molar-refractivity contribution in [2.75, 3.05) is 57.9 Å². The number of anilines is 1. The molecule has 4 fully saturated rings. The number of amides is 3. The molecule has 55 heavy (non-hydrogen) atoms. The first kappa shape index (κ1) is 37.3. The zero-order valence-electron chi connectivity index (χ0n) is 31.8. The number of aromatic nitrogens is 5. The van der Waals surface area contributed by atoms with Crippen LogP contribution in [-0.4, -0.2) is 116 Å². The summed E-state index contributed by atoms with van der Waals surface area (Å²) in [6.45, 7) is 5.89. The van der Waals surface area contributed by atoms with Gasteiger partial charge in [-0.3, -0.25) is 33.7 Å². The highest BCUT2D eigenvalue weighted by atomic mass is 16.5. The summed E-state index contributed by atoms with van der Waals surface area (Å²) in [5.74, 6) is 0.830. The largest absolute Gasteiger partial charge is 0.381 e. The maximum Gasteiger partial charge on any atom is 0.329 e. The summed E-state index contributed by atoms with van der Waals surface area (Å²) in [5.41, 5.74) is 4.65. The minimum atomic E-state index is -0.696. The number of piperidine rings is 1. The van der Waals surface area contributed by atoms with E-state index >= 15 is 0 Å². The fourth-order valence-corrected chi connectivity index (χ4v) is 9.13. The molecule has 4 aliphatic rings. The Kier molecular flexibility index (Phi) is 11.3. The summed E-state index contributed by atoms with van der Waals surface area (Å²) in [4.78, 5) is 59.4. The average Bonchev–Trinajstić information content (AvgIpc) is 3.75. The molecular formula is C40H53N9O6. The number of carbonyl (C=O) groups excluding carboxylic acids is 3. The van der Waals surface area contributed by atoms with Gasteiger partial charge in [0.05, 0.1) is 24.1 Å². The lowest BCUT2D eigenvalue weighted by atomic mass is 9.89. The van der Waals surface area contributed by atoms with Crippen LogP contribution >= 0.6 is 0 Å². The molecule has 1 saturated carbocycles. The van der Waals surface area contributed by atoms with E-state index in [4.69, 9.17) is 9.47 Å². The third kappa shape index (κ3) is 8.05. The summed E-state index contributed by atoms with van der Waals surface area (Å²) < 4.78 is 16.5. The fourth-order valence-electron chi connectivity index (χ4n) is 9.13. The van der Waals surface area contributed by atoms with Gasteiger partial charge in [0.15, 0.2) is 5.82 Å². The van der Waals surface area contributed by atoms with Crippen molar-refractivity contribution < 1.29 is 23.9 Å². The summed E-state index contributed by atoms with van der Waals surface area (Å²) >= 11 is 0. The Bertz CT molecular complexity index is 2070. The minimum absolute atomic E-state index is 0.154. The van der Waals surface area contributed by atoms with Gasteiger partial charge in [-0.15, -0.1) is 0 Å². The maximum atomic E-state index is 13.0. The van der Waals surface area contributed by atoms with E-state index in [-0.39, 0.29) is 23.9 Å². The third-order valence-corrected chi connectivity index (χ3v) is 12.3. The zero-order valence-corrected chi connectivity index (χ0v) is 31.8. The van der Waals surface area contributed by atoms with Gasteiger partial charge in [0.1, 0.15) is 17.9 Å². The van der Waals surface area contributed by atoms with Gasteiger partial charge < -0.3 is 19.7 Å². The van der Waals surface area contributed by atoms with Crippen molar-refractivity contribution in [1.29, 1.82) is 0 Å². The summed E-state index contributed by atoms with van der Waals surface area (Å²) in [5, 5.41) is 10.6. The number of imidazole rings is 1. The Hall–Kier alpha value is -4.60. The van der Waals surface area contributed by atoms with E-state index in [1.165, 1.54) is 10.1 Å². The van der Waals surface area contributed by atoms with E-state index in [2.05, 4.69) is 31.7 Å². The van der Waals surface area contributed by atoms with Crippen molar-refractivity contribution in [1.82, 2.24) is 38.8 Å². The van der Waals surface area contributed by atoms with Gasteiger partial charge in [0, 0.05) is 77.7 Å². The van der Waals surface area contributed by atoms with E-state index in [0.29, 0.717) is 49.6 Å². The molecule has 1 aliphatic carbocycles. The van der Waals surface area contributed by atoms with Crippen molar-refractivity contribution in [2.24, 2.45) is 7.05 Å². The van der Waals surface area contributed by atoms with Crippen LogP contribution in [0.5, 0.6) is 0 Å². The zero-order chi connectivity index (χ0) is 37.9. The van der Waals surface area contributed by atoms with Gasteiger partial charge in [-0.1, -0.05) is 6.07 Å². The minimum Gasteiger partial charge on any atom is -0.381 e. The molecule has 294 valence electrons. The number of ether oxygens (including phenoxy) is 2. The van der Waals surface area contributed by atoms with E-state index < -0.39 is 11.9 Å². The molecule has 15 nitrogen and oxygen atoms in total. The van der Waals surface area contributed by atoms with Crippen LogP contribution < -0.4 is 16.3 Å². The lowest BCUT2D eigenvalue weighted by Crippen LogP contribution is -2.53. The Morgan fingerprint density at radius 2 is 1.76 bits per heavy atom. The number of nitrogens with one attached hydrogen (secondary N) is 2. The summed E-state index contributed by atoms with van der Waals surface area (Å²) in [6.07, 6.45) is 12.7. The average molecular weight is 756 g/mol. The number of fused-ring (bicyclic) bond motifs is 2. The Balaban J connectivity index is 0.735. The molecule has 1 atom stereocenters. The van der Waals surface area contributed by atoms with Crippen LogP contribution in [0.25, 0.3) is 16.6 Å². The molecule has 8 rings (SSSR count). The van der Waals surface area contributed by atoms with Crippen molar-refractivity contribution >= 4 is 40.1 Å². The summed E-state index contributed by atoms with van der Waals surface area (Å²) in [7, 11) is 1.70. The van der Waals surface area contributed by atoms with Gasteiger partial charge in [-0.05, 0) is 93.0 Å². The predicted octanol–water partition coefficient (Wildman–Crippen LogP) is 3.16. The number of hydrogen-bond donors (Lipinski definition) is 2. The van der Waals surface area contributed by atoms with Gasteiger partial charge in [-0.2, -0.15) is 5.10 Å². The van der Waals surface area contributed by atoms with Crippen LogP contribution in [0.15, 0.2) is 41.6 Å². The topological polar surface area (TPSA) is 157 Å². The third-order valence-electron chi connectivity index (χ3n) is 12.3. The van der Waals surface area contributed by atoms with Crippen LogP contribution in [0, 0.1) is 0 Å². The fraction of sp³-hybridized carbons (Fsp3) is 0.600. The summed E-state index contributed by atoms with van der Waals surface area (Å²) in [6, 6.07) is 8.27. The number of piperazine rings is 1. The lowest BCUT2D eigenvalue weighted by molar-refractivity contribution is -0.136. The highest BCUT2D eigenvalue weighted by Crippen LogP contribution is 2.34. The normalized spacial score (nSPS) is 23.1. The second kappa shape index (κ2) is 16.6. The van der Waals surface area contributed by atoms with Gasteiger partial charge in [-0.25, -0.2) is 14.3 Å². The predicted molar refractivity (Wildman–Crippen MR) is 206 cm³/mol. The molecule has 4 aromatic rings. The number of hydrogen-bond acceptors (Lipinski definition) is 10. The number of imide groups is 1. The van der Waals surface area contributed by atoms with Crippen LogP contribution in [0.4, 0.5) is 5.82 Å². The molecule has 0 bridgehead atoms. The Morgan fingerprint density at radius 3 is 2.55 bits per heavy atom. The van der Waals surface area contributed by atoms with E-state index in [1.807, 2.05) is 33.8 Å². The lowest BCUT2D eigenvalue weighted by Gasteiger charge is -2.42. The first-order valence-corrected chi connectivity index (χ1v) is 20.1. The van der Waals surface area contributed by atoms with Crippen molar-refractivity contribution in [3.05, 3.63) is 58.4 Å². The molecule has 1 aromatic carbocycles. The Labute approximate surface area is 320 Å².